The number of likely N-dealkylation sites (tertiary alicyclic amines) is 1. The average Bonchev–Trinajstić information content (AvgIpc) is 2.65. The lowest BCUT2D eigenvalue weighted by molar-refractivity contribution is -0.131. The number of halogens is 1. The number of carbonyl (C=O) groups is 1. The van der Waals surface area contributed by atoms with Crippen molar-refractivity contribution < 1.29 is 4.79 Å². The summed E-state index contributed by atoms with van der Waals surface area (Å²) in [5, 5.41) is 0. The van der Waals surface area contributed by atoms with Gasteiger partial charge in [0, 0.05) is 13.1 Å². The van der Waals surface area contributed by atoms with E-state index in [1.165, 1.54) is 38.5 Å². The van der Waals surface area contributed by atoms with Gasteiger partial charge in [0.15, 0.2) is 0 Å². The first-order valence-electron chi connectivity index (χ1n) is 5.60. The SMILES string of the molecule is O=C(CI)N1CCCC2(CCCC2)C1. The van der Waals surface area contributed by atoms with E-state index in [0.717, 1.165) is 13.1 Å². The first-order valence-corrected chi connectivity index (χ1v) is 7.12. The van der Waals surface area contributed by atoms with Crippen LogP contribution in [0.3, 0.4) is 0 Å². The number of rotatable bonds is 1. The van der Waals surface area contributed by atoms with Crippen molar-refractivity contribution in [3.63, 3.8) is 0 Å². The van der Waals surface area contributed by atoms with Crippen LogP contribution >= 0.6 is 22.6 Å². The third-order valence-electron chi connectivity index (χ3n) is 3.79. The molecule has 0 aromatic carbocycles. The summed E-state index contributed by atoms with van der Waals surface area (Å²) in [6, 6.07) is 0. The fourth-order valence-electron chi connectivity index (χ4n) is 3.04. The molecule has 0 aromatic rings. The highest BCUT2D eigenvalue weighted by molar-refractivity contribution is 14.1. The summed E-state index contributed by atoms with van der Waals surface area (Å²) in [5.74, 6) is 0.344. The Labute approximate surface area is 99.6 Å². The largest absolute Gasteiger partial charge is 0.341 e. The van der Waals surface area contributed by atoms with Crippen molar-refractivity contribution in [1.82, 2.24) is 4.90 Å². The summed E-state index contributed by atoms with van der Waals surface area (Å²) in [5.41, 5.74) is 0.528. The highest BCUT2D eigenvalue weighted by atomic mass is 127. The van der Waals surface area contributed by atoms with Crippen LogP contribution in [0.1, 0.15) is 38.5 Å². The van der Waals surface area contributed by atoms with Gasteiger partial charge in [0.05, 0.1) is 4.43 Å². The van der Waals surface area contributed by atoms with Crippen LogP contribution in [0.5, 0.6) is 0 Å². The topological polar surface area (TPSA) is 20.3 Å². The van der Waals surface area contributed by atoms with Gasteiger partial charge in [-0.2, -0.15) is 0 Å². The van der Waals surface area contributed by atoms with Crippen molar-refractivity contribution in [3.8, 4) is 0 Å². The van der Waals surface area contributed by atoms with Crippen LogP contribution in [0.2, 0.25) is 0 Å². The first kappa shape index (κ1) is 10.7. The Morgan fingerprint density at radius 2 is 1.86 bits per heavy atom. The zero-order valence-electron chi connectivity index (χ0n) is 8.60. The number of carbonyl (C=O) groups excluding carboxylic acids is 1. The lowest BCUT2D eigenvalue weighted by atomic mass is 9.78. The molecular weight excluding hydrogens is 289 g/mol. The second-order valence-electron chi connectivity index (χ2n) is 4.76. The molecule has 1 saturated carbocycles. The van der Waals surface area contributed by atoms with Crippen molar-refractivity contribution in [3.05, 3.63) is 0 Å². The normalized spacial score (nSPS) is 25.6. The Balaban J connectivity index is 1.99. The van der Waals surface area contributed by atoms with E-state index in [4.69, 9.17) is 0 Å². The van der Waals surface area contributed by atoms with Gasteiger partial charge in [0.2, 0.25) is 5.91 Å². The van der Waals surface area contributed by atoms with Crippen LogP contribution in [-0.2, 0) is 4.79 Å². The third kappa shape index (κ3) is 2.07. The van der Waals surface area contributed by atoms with Crippen molar-refractivity contribution in [2.45, 2.75) is 38.5 Å². The van der Waals surface area contributed by atoms with E-state index in [1.807, 2.05) is 0 Å². The maximum atomic E-state index is 11.6. The maximum absolute atomic E-state index is 11.6. The number of nitrogens with zero attached hydrogens (tertiary/aromatic N) is 1. The molecule has 2 fully saturated rings. The Morgan fingerprint density at radius 3 is 2.50 bits per heavy atom. The summed E-state index contributed by atoms with van der Waals surface area (Å²) < 4.78 is 0.647. The van der Waals surface area contributed by atoms with Gasteiger partial charge in [-0.15, -0.1) is 0 Å². The molecule has 0 bridgehead atoms. The third-order valence-corrected chi connectivity index (χ3v) is 4.45. The summed E-state index contributed by atoms with van der Waals surface area (Å²) in [6.07, 6.45) is 8.06. The fraction of sp³-hybridized carbons (Fsp3) is 0.909. The molecule has 0 aromatic heterocycles. The lowest BCUT2D eigenvalue weighted by Gasteiger charge is -2.40. The van der Waals surface area contributed by atoms with E-state index < -0.39 is 0 Å². The van der Waals surface area contributed by atoms with Gasteiger partial charge in [0.25, 0.3) is 0 Å². The van der Waals surface area contributed by atoms with Gasteiger partial charge < -0.3 is 4.90 Å². The molecule has 0 atom stereocenters. The minimum Gasteiger partial charge on any atom is -0.341 e. The second-order valence-corrected chi connectivity index (χ2v) is 5.52. The monoisotopic (exact) mass is 307 g/mol. The molecule has 1 heterocycles. The Bertz CT molecular complexity index is 223. The van der Waals surface area contributed by atoms with Crippen molar-refractivity contribution in [2.75, 3.05) is 17.5 Å². The van der Waals surface area contributed by atoms with E-state index in [-0.39, 0.29) is 0 Å². The molecule has 0 radical (unpaired) electrons. The van der Waals surface area contributed by atoms with Gasteiger partial charge in [-0.25, -0.2) is 0 Å². The van der Waals surface area contributed by atoms with Gasteiger partial charge in [0.1, 0.15) is 0 Å². The molecule has 80 valence electrons. The molecule has 2 nitrogen and oxygen atoms in total. The number of amides is 1. The van der Waals surface area contributed by atoms with Crippen LogP contribution in [0, 0.1) is 5.41 Å². The van der Waals surface area contributed by atoms with Gasteiger partial charge >= 0.3 is 0 Å². The van der Waals surface area contributed by atoms with Crippen molar-refractivity contribution >= 4 is 28.5 Å². The van der Waals surface area contributed by atoms with E-state index in [9.17, 15) is 4.79 Å². The predicted octanol–water partition coefficient (Wildman–Crippen LogP) is 2.60. The molecule has 1 aliphatic carbocycles. The van der Waals surface area contributed by atoms with Crippen LogP contribution in [0.25, 0.3) is 0 Å². The van der Waals surface area contributed by atoms with Gasteiger partial charge in [-0.1, -0.05) is 35.4 Å². The highest BCUT2D eigenvalue weighted by Crippen LogP contribution is 2.44. The highest BCUT2D eigenvalue weighted by Gasteiger charge is 2.38. The Kier molecular flexibility index (Phi) is 3.34. The van der Waals surface area contributed by atoms with Crippen LogP contribution in [0.4, 0.5) is 0 Å². The fourth-order valence-corrected chi connectivity index (χ4v) is 3.52. The standard InChI is InChI=1S/C11H18INO/c12-8-10(14)13-7-3-6-11(9-13)4-1-2-5-11/h1-9H2. The minimum atomic E-state index is 0.344. The number of hydrogen-bond acceptors (Lipinski definition) is 1. The molecule has 0 N–H and O–H groups in total. The Morgan fingerprint density at radius 1 is 1.21 bits per heavy atom. The quantitative estimate of drug-likeness (QED) is 0.539. The smallest absolute Gasteiger partial charge is 0.232 e. The van der Waals surface area contributed by atoms with E-state index >= 15 is 0 Å². The van der Waals surface area contributed by atoms with Crippen LogP contribution in [0.15, 0.2) is 0 Å². The van der Waals surface area contributed by atoms with Crippen molar-refractivity contribution in [2.24, 2.45) is 5.41 Å². The van der Waals surface area contributed by atoms with E-state index in [2.05, 4.69) is 27.5 Å². The summed E-state index contributed by atoms with van der Waals surface area (Å²) >= 11 is 2.18. The molecule has 1 saturated heterocycles. The molecule has 1 spiro atoms. The summed E-state index contributed by atoms with van der Waals surface area (Å²) in [4.78, 5) is 13.7. The van der Waals surface area contributed by atoms with Crippen molar-refractivity contribution in [1.29, 1.82) is 0 Å². The Hall–Kier alpha value is 0.200. The number of hydrogen-bond donors (Lipinski definition) is 0. The molecule has 2 rings (SSSR count). The van der Waals surface area contributed by atoms with E-state index in [0.29, 0.717) is 15.7 Å². The maximum Gasteiger partial charge on any atom is 0.232 e. The summed E-state index contributed by atoms with van der Waals surface area (Å²) in [7, 11) is 0. The second kappa shape index (κ2) is 4.37. The molecular formula is C11H18INO. The summed E-state index contributed by atoms with van der Waals surface area (Å²) in [6.45, 7) is 2.05. The molecule has 1 aliphatic heterocycles. The molecule has 14 heavy (non-hydrogen) atoms. The molecule has 0 unspecified atom stereocenters. The number of alkyl halides is 1. The van der Waals surface area contributed by atoms with E-state index in [1.54, 1.807) is 0 Å². The van der Waals surface area contributed by atoms with Crippen LogP contribution in [-0.4, -0.2) is 28.3 Å². The first-order chi connectivity index (χ1) is 6.76. The van der Waals surface area contributed by atoms with Gasteiger partial charge in [-0.05, 0) is 31.1 Å². The number of piperidine rings is 1. The average molecular weight is 307 g/mol. The molecule has 2 aliphatic rings. The van der Waals surface area contributed by atoms with Crippen LogP contribution < -0.4 is 0 Å². The molecule has 3 heteroatoms. The zero-order valence-corrected chi connectivity index (χ0v) is 10.8. The predicted molar refractivity (Wildman–Crippen MR) is 65.6 cm³/mol. The lowest BCUT2D eigenvalue weighted by Crippen LogP contribution is -2.45. The zero-order chi connectivity index (χ0) is 10.0. The molecule has 1 amide bonds. The minimum absolute atomic E-state index is 0.344. The van der Waals surface area contributed by atoms with Gasteiger partial charge in [-0.3, -0.25) is 4.79 Å².